The Kier molecular flexibility index (Phi) is 10.1. The van der Waals surface area contributed by atoms with Crippen LogP contribution in [0.1, 0.15) is 78.7 Å². The van der Waals surface area contributed by atoms with Crippen molar-refractivity contribution in [2.75, 3.05) is 13.2 Å². The number of carbonyl (C=O) groups excluding carboxylic acids is 2. The third kappa shape index (κ3) is 5.87. The molecule has 2 aromatic rings. The highest BCUT2D eigenvalue weighted by molar-refractivity contribution is 5.90. The van der Waals surface area contributed by atoms with Crippen LogP contribution >= 0.6 is 0 Å². The van der Waals surface area contributed by atoms with Crippen LogP contribution < -0.4 is 0 Å². The first kappa shape index (κ1) is 33.1. The monoisotopic (exact) mass is 595 g/mol. The Hall–Kier alpha value is -2.78. The molecule has 3 fully saturated rings. The predicted octanol–water partition coefficient (Wildman–Crippen LogP) is 6.23. The molecule has 0 amide bonds. The van der Waals surface area contributed by atoms with Gasteiger partial charge in [-0.15, -0.1) is 0 Å². The van der Waals surface area contributed by atoms with Crippen LogP contribution in [0.25, 0.3) is 10.9 Å². The van der Waals surface area contributed by atoms with Crippen LogP contribution in [0.5, 0.6) is 0 Å². The number of ketones is 2. The van der Waals surface area contributed by atoms with Gasteiger partial charge in [0.05, 0.1) is 23.9 Å². The lowest BCUT2D eigenvalue weighted by Crippen LogP contribution is -2.51. The summed E-state index contributed by atoms with van der Waals surface area (Å²) in [5, 5.41) is 21.4. The van der Waals surface area contributed by atoms with Crippen LogP contribution in [0, 0.1) is 23.2 Å². The van der Waals surface area contributed by atoms with Crippen LogP contribution in [0.4, 0.5) is 4.39 Å². The van der Waals surface area contributed by atoms with Gasteiger partial charge in [-0.1, -0.05) is 77.1 Å². The van der Waals surface area contributed by atoms with Gasteiger partial charge < -0.3 is 19.7 Å². The van der Waals surface area contributed by atoms with Gasteiger partial charge in [-0.25, -0.2) is 9.37 Å². The largest absolute Gasteiger partial charge is 0.393 e. The molecule has 1 aromatic carbocycles. The van der Waals surface area contributed by atoms with Crippen molar-refractivity contribution in [3.63, 3.8) is 0 Å². The van der Waals surface area contributed by atoms with Gasteiger partial charge in [-0.2, -0.15) is 0 Å². The predicted molar refractivity (Wildman–Crippen MR) is 164 cm³/mol. The molecule has 0 spiro atoms. The summed E-state index contributed by atoms with van der Waals surface area (Å²) >= 11 is 0. The molecule has 2 heterocycles. The van der Waals surface area contributed by atoms with E-state index in [1.165, 1.54) is 6.08 Å². The maximum atomic E-state index is 17.0. The normalized spacial score (nSPS) is 35.8. The number of benzene rings is 1. The van der Waals surface area contributed by atoms with Crippen molar-refractivity contribution in [2.24, 2.45) is 23.2 Å². The molecule has 0 radical (unpaired) electrons. The number of halogens is 1. The number of ether oxygens (including phenoxy) is 2. The number of aliphatic hydroxyl groups is 2. The number of carbonyl (C=O) groups is 2. The van der Waals surface area contributed by atoms with Gasteiger partial charge in [-0.05, 0) is 61.6 Å². The highest BCUT2D eigenvalue weighted by Gasteiger charge is 2.67. The molecular weight excluding hydrogens is 549 g/mol. The zero-order valence-electron chi connectivity index (χ0n) is 26.0. The Bertz CT molecular complexity index is 1380. The van der Waals surface area contributed by atoms with Crippen LogP contribution in [0.2, 0.25) is 0 Å². The zero-order valence-corrected chi connectivity index (χ0v) is 26.0. The van der Waals surface area contributed by atoms with Gasteiger partial charge in [0.1, 0.15) is 12.3 Å². The number of nitrogens with zero attached hydrogens (tertiary/aromatic N) is 1. The maximum Gasteiger partial charge on any atom is 0.202 e. The van der Waals surface area contributed by atoms with Crippen molar-refractivity contribution < 1.29 is 33.7 Å². The fourth-order valence-electron chi connectivity index (χ4n) is 7.49. The smallest absolute Gasteiger partial charge is 0.202 e. The number of rotatable bonds is 8. The second kappa shape index (κ2) is 13.1. The quantitative estimate of drug-likeness (QED) is 0.212. The van der Waals surface area contributed by atoms with Gasteiger partial charge >= 0.3 is 0 Å². The molecule has 2 aliphatic carbocycles. The SMILES string of the molecule is C=C1CC[C@@H]([C@@H]2C[C@H]3OC(c4ccc5ccccc5n4)O[C@@]3(C(=O)CO)C2C)[C@](F)(CO)CC1(C)/C=C\C(=O)CC.CC. The second-order valence-electron chi connectivity index (χ2n) is 12.3. The van der Waals surface area contributed by atoms with Gasteiger partial charge in [-0.3, -0.25) is 9.59 Å². The third-order valence-electron chi connectivity index (χ3n) is 9.97. The molecule has 1 aromatic heterocycles. The lowest BCUT2D eigenvalue weighted by molar-refractivity contribution is -0.161. The molecule has 3 aliphatic rings. The van der Waals surface area contributed by atoms with E-state index in [9.17, 15) is 19.8 Å². The van der Waals surface area contributed by atoms with E-state index in [0.29, 0.717) is 31.4 Å². The summed E-state index contributed by atoms with van der Waals surface area (Å²) in [6, 6.07) is 11.4. The van der Waals surface area contributed by atoms with Gasteiger partial charge in [0, 0.05) is 17.2 Å². The maximum absolute atomic E-state index is 17.0. The lowest BCUT2D eigenvalue weighted by Gasteiger charge is -2.41. The Balaban J connectivity index is 0.00000207. The van der Waals surface area contributed by atoms with E-state index in [1.54, 1.807) is 19.1 Å². The summed E-state index contributed by atoms with van der Waals surface area (Å²) in [6.07, 6.45) is 3.18. The first-order valence-corrected chi connectivity index (χ1v) is 15.5. The topological polar surface area (TPSA) is 106 Å². The van der Waals surface area contributed by atoms with Gasteiger partial charge in [0.15, 0.2) is 17.2 Å². The van der Waals surface area contributed by atoms with Gasteiger partial charge in [0.2, 0.25) is 6.29 Å². The van der Waals surface area contributed by atoms with Crippen molar-refractivity contribution in [1.29, 1.82) is 0 Å². The molecule has 1 aliphatic heterocycles. The molecule has 8 heteroatoms. The van der Waals surface area contributed by atoms with E-state index in [2.05, 4.69) is 11.6 Å². The fraction of sp³-hybridized carbons (Fsp3) is 0.571. The van der Waals surface area contributed by atoms with Gasteiger partial charge in [0.25, 0.3) is 0 Å². The number of hydrogen-bond donors (Lipinski definition) is 2. The number of para-hydroxylation sites is 1. The number of aliphatic hydroxyl groups excluding tert-OH is 2. The summed E-state index contributed by atoms with van der Waals surface area (Å²) in [4.78, 5) is 30.1. The number of pyridine rings is 1. The Morgan fingerprint density at radius 2 is 1.91 bits per heavy atom. The minimum atomic E-state index is -1.99. The number of Topliss-reactive ketones (excluding diaryl/α,β-unsaturated/α-hetero) is 1. The molecular formula is C35H46FNO6. The third-order valence-corrected chi connectivity index (χ3v) is 9.97. The molecule has 5 rings (SSSR count). The van der Waals surface area contributed by atoms with Crippen LogP contribution in [-0.2, 0) is 19.1 Å². The number of fused-ring (bicyclic) bond motifs is 2. The zero-order chi connectivity index (χ0) is 31.6. The van der Waals surface area contributed by atoms with E-state index in [-0.39, 0.29) is 18.1 Å². The summed E-state index contributed by atoms with van der Waals surface area (Å²) in [7, 11) is 0. The van der Waals surface area contributed by atoms with Crippen molar-refractivity contribution >= 4 is 22.5 Å². The van der Waals surface area contributed by atoms with Crippen molar-refractivity contribution in [1.82, 2.24) is 4.98 Å². The molecule has 2 N–H and O–H groups in total. The molecule has 7 nitrogen and oxygen atoms in total. The van der Waals surface area contributed by atoms with E-state index < -0.39 is 59.9 Å². The van der Waals surface area contributed by atoms with Crippen molar-refractivity contribution in [2.45, 2.75) is 90.4 Å². The highest BCUT2D eigenvalue weighted by atomic mass is 19.1. The molecule has 2 saturated carbocycles. The minimum absolute atomic E-state index is 0.0341. The Morgan fingerprint density at radius 3 is 2.58 bits per heavy atom. The second-order valence-corrected chi connectivity index (χ2v) is 12.3. The molecule has 3 unspecified atom stereocenters. The summed E-state index contributed by atoms with van der Waals surface area (Å²) in [5.74, 6) is -2.04. The summed E-state index contributed by atoms with van der Waals surface area (Å²) in [5.41, 5.74) is -2.17. The molecule has 8 atom stereocenters. The average Bonchev–Trinajstić information content (AvgIpc) is 3.51. The van der Waals surface area contributed by atoms with Crippen molar-refractivity contribution in [3.8, 4) is 0 Å². The van der Waals surface area contributed by atoms with E-state index in [1.807, 2.05) is 58.0 Å². The van der Waals surface area contributed by atoms with E-state index >= 15 is 4.39 Å². The fourth-order valence-corrected chi connectivity index (χ4v) is 7.49. The summed E-state index contributed by atoms with van der Waals surface area (Å²) < 4.78 is 29.7. The Labute approximate surface area is 254 Å². The number of aromatic nitrogens is 1. The van der Waals surface area contributed by atoms with Crippen LogP contribution in [0.3, 0.4) is 0 Å². The van der Waals surface area contributed by atoms with E-state index in [0.717, 1.165) is 16.5 Å². The lowest BCUT2D eigenvalue weighted by atomic mass is 9.68. The molecule has 43 heavy (non-hydrogen) atoms. The molecule has 0 bridgehead atoms. The number of alkyl halides is 1. The van der Waals surface area contributed by atoms with E-state index in [4.69, 9.17) is 9.47 Å². The standard InChI is InChI=1S/C33H40FNO6.C2H6/c1-5-23(38)14-15-31(4)18-32(34,19-37)25(12-10-20(31)2)24-16-29-33(21(24)3,28(39)17-36)41-30(40-29)27-13-11-22-8-6-7-9-26(22)35-27;1-2/h6-9,11,13-15,21,24-25,29-30,36-37H,2,5,10,12,16-19H2,1,3-4H3;1-2H3/b15-14-;/t21?,24-,25+,29-,30?,31?,32-,33-;/m1./s1. The number of allylic oxidation sites excluding steroid dienone is 3. The van der Waals surface area contributed by atoms with Crippen LogP contribution in [0.15, 0.2) is 60.7 Å². The number of hydrogen-bond acceptors (Lipinski definition) is 7. The highest BCUT2D eigenvalue weighted by Crippen LogP contribution is 2.59. The Morgan fingerprint density at radius 1 is 1.19 bits per heavy atom. The van der Waals surface area contributed by atoms with Crippen molar-refractivity contribution in [3.05, 3.63) is 66.4 Å². The minimum Gasteiger partial charge on any atom is -0.393 e. The molecule has 1 saturated heterocycles. The summed E-state index contributed by atoms with van der Waals surface area (Å²) in [6.45, 7) is 12.3. The first-order valence-electron chi connectivity index (χ1n) is 15.5. The average molecular weight is 596 g/mol. The van der Waals surface area contributed by atoms with Crippen LogP contribution in [-0.4, -0.2) is 57.4 Å². The molecule has 234 valence electrons. The first-order chi connectivity index (χ1) is 20.5.